The largest absolute Gasteiger partial charge is 0.573 e. The van der Waals surface area contributed by atoms with Crippen molar-refractivity contribution in [2.75, 3.05) is 11.1 Å². The fraction of sp³-hybridized carbons (Fsp3) is 0.118. The number of alkyl halides is 3. The molecule has 1 heterocycles. The van der Waals surface area contributed by atoms with E-state index in [-0.39, 0.29) is 17.6 Å². The summed E-state index contributed by atoms with van der Waals surface area (Å²) in [6.45, 7) is 1.31. The maximum absolute atomic E-state index is 12.3. The van der Waals surface area contributed by atoms with Gasteiger partial charge in [-0.2, -0.15) is 9.67 Å². The number of nitrogens with one attached hydrogen (secondary N) is 1. The van der Waals surface area contributed by atoms with Crippen LogP contribution >= 0.6 is 0 Å². The molecule has 0 aliphatic rings. The van der Waals surface area contributed by atoms with Crippen molar-refractivity contribution in [3.8, 4) is 22.8 Å². The number of nitrogens with two attached hydrogens (primary N) is 1. The Hall–Kier alpha value is -3.56. The molecule has 7 nitrogen and oxygen atoms in total. The van der Waals surface area contributed by atoms with E-state index in [0.29, 0.717) is 22.8 Å². The fourth-order valence-electron chi connectivity index (χ4n) is 2.27. The van der Waals surface area contributed by atoms with Gasteiger partial charge in [0.15, 0.2) is 5.82 Å². The van der Waals surface area contributed by atoms with Crippen molar-refractivity contribution >= 4 is 17.5 Å². The first-order valence-electron chi connectivity index (χ1n) is 7.68. The van der Waals surface area contributed by atoms with Crippen molar-refractivity contribution in [2.45, 2.75) is 13.3 Å². The van der Waals surface area contributed by atoms with Crippen molar-refractivity contribution in [2.24, 2.45) is 0 Å². The van der Waals surface area contributed by atoms with Crippen LogP contribution in [0.4, 0.5) is 24.8 Å². The molecule has 140 valence electrons. The lowest BCUT2D eigenvalue weighted by molar-refractivity contribution is -0.274. The molecule has 10 heteroatoms. The third-order valence-electron chi connectivity index (χ3n) is 3.38. The molecule has 0 spiro atoms. The molecule has 1 amide bonds. The quantitative estimate of drug-likeness (QED) is 0.680. The van der Waals surface area contributed by atoms with Crippen LogP contribution in [0.2, 0.25) is 0 Å². The zero-order valence-electron chi connectivity index (χ0n) is 14.0. The van der Waals surface area contributed by atoms with Crippen LogP contribution in [0, 0.1) is 0 Å². The Morgan fingerprint density at radius 1 is 1.11 bits per heavy atom. The van der Waals surface area contributed by atoms with Crippen LogP contribution in [-0.4, -0.2) is 27.0 Å². The summed E-state index contributed by atoms with van der Waals surface area (Å²) in [6.07, 6.45) is -4.78. The van der Waals surface area contributed by atoms with Crippen molar-refractivity contribution in [3.63, 3.8) is 0 Å². The first-order chi connectivity index (χ1) is 12.7. The summed E-state index contributed by atoms with van der Waals surface area (Å²) in [7, 11) is 0. The Morgan fingerprint density at radius 3 is 2.30 bits per heavy atom. The number of ether oxygens (including phenoxy) is 1. The first-order valence-corrected chi connectivity index (χ1v) is 7.68. The molecule has 1 aromatic heterocycles. The minimum atomic E-state index is -4.78. The Bertz CT molecular complexity index is 950. The third kappa shape index (κ3) is 4.54. The maximum Gasteiger partial charge on any atom is 0.573 e. The van der Waals surface area contributed by atoms with E-state index in [2.05, 4.69) is 20.1 Å². The fourth-order valence-corrected chi connectivity index (χ4v) is 2.27. The Morgan fingerprint density at radius 2 is 1.74 bits per heavy atom. The number of aromatic nitrogens is 3. The van der Waals surface area contributed by atoms with E-state index in [1.165, 1.54) is 23.7 Å². The van der Waals surface area contributed by atoms with E-state index >= 15 is 0 Å². The first kappa shape index (κ1) is 18.2. The van der Waals surface area contributed by atoms with Crippen molar-refractivity contribution < 1.29 is 22.7 Å². The molecule has 3 N–H and O–H groups in total. The molecule has 2 aromatic carbocycles. The number of benzene rings is 2. The molecule has 0 fully saturated rings. The summed E-state index contributed by atoms with van der Waals surface area (Å²) < 4.78 is 42.0. The number of nitrogens with zero attached hydrogens (tertiary/aromatic N) is 3. The van der Waals surface area contributed by atoms with Gasteiger partial charge in [-0.25, -0.2) is 0 Å². The van der Waals surface area contributed by atoms with Gasteiger partial charge in [-0.1, -0.05) is 0 Å². The average molecular weight is 377 g/mol. The summed E-state index contributed by atoms with van der Waals surface area (Å²) >= 11 is 0. The van der Waals surface area contributed by atoms with Crippen LogP contribution in [0.5, 0.6) is 5.75 Å². The molecule has 3 aromatic rings. The smallest absolute Gasteiger partial charge is 0.406 e. The monoisotopic (exact) mass is 377 g/mol. The highest BCUT2D eigenvalue weighted by Gasteiger charge is 2.31. The van der Waals surface area contributed by atoms with Gasteiger partial charge in [0.25, 0.3) is 0 Å². The number of halogens is 3. The predicted octanol–water partition coefficient (Wildman–Crippen LogP) is 3.37. The molecule has 0 radical (unpaired) electrons. The average Bonchev–Trinajstić information content (AvgIpc) is 2.98. The number of nitrogen functional groups attached to an aromatic ring is 1. The number of carbonyl (C=O) groups excluding carboxylic acids is 1. The Labute approximate surface area is 151 Å². The van der Waals surface area contributed by atoms with Crippen LogP contribution in [0.3, 0.4) is 0 Å². The van der Waals surface area contributed by atoms with E-state index in [9.17, 15) is 18.0 Å². The van der Waals surface area contributed by atoms with Gasteiger partial charge < -0.3 is 10.5 Å². The Kier molecular flexibility index (Phi) is 4.72. The lowest BCUT2D eigenvalue weighted by atomic mass is 10.2. The van der Waals surface area contributed by atoms with Crippen LogP contribution in [0.25, 0.3) is 17.1 Å². The molecule has 0 aliphatic carbocycles. The maximum atomic E-state index is 12.3. The van der Waals surface area contributed by atoms with E-state index in [1.54, 1.807) is 24.3 Å². The van der Waals surface area contributed by atoms with Gasteiger partial charge >= 0.3 is 6.36 Å². The van der Waals surface area contributed by atoms with Gasteiger partial charge in [-0.3, -0.25) is 10.1 Å². The normalized spacial score (nSPS) is 11.3. The van der Waals surface area contributed by atoms with Gasteiger partial charge in [0, 0.05) is 18.2 Å². The van der Waals surface area contributed by atoms with E-state index < -0.39 is 6.36 Å². The van der Waals surface area contributed by atoms with Crippen LogP contribution in [0.1, 0.15) is 6.92 Å². The molecule has 0 bridgehead atoms. The lowest BCUT2D eigenvalue weighted by Crippen LogP contribution is -2.17. The lowest BCUT2D eigenvalue weighted by Gasteiger charge is -2.10. The van der Waals surface area contributed by atoms with Gasteiger partial charge in [-0.05, 0) is 48.5 Å². The molecular formula is C17H14F3N5O2. The Balaban J connectivity index is 1.97. The minimum Gasteiger partial charge on any atom is -0.406 e. The van der Waals surface area contributed by atoms with Crippen LogP contribution < -0.4 is 15.8 Å². The molecule has 27 heavy (non-hydrogen) atoms. The highest BCUT2D eigenvalue weighted by Crippen LogP contribution is 2.26. The summed E-state index contributed by atoms with van der Waals surface area (Å²) in [4.78, 5) is 15.7. The highest BCUT2D eigenvalue weighted by atomic mass is 19.4. The molecule has 0 atom stereocenters. The number of carbonyl (C=O) groups is 1. The molecule has 0 saturated carbocycles. The zero-order valence-corrected chi connectivity index (χ0v) is 14.0. The number of rotatable bonds is 4. The summed E-state index contributed by atoms with van der Waals surface area (Å²) in [6, 6.07) is 11.8. The molecule has 0 aliphatic heterocycles. The van der Waals surface area contributed by atoms with Gasteiger partial charge in [0.2, 0.25) is 11.9 Å². The highest BCUT2D eigenvalue weighted by molar-refractivity contribution is 5.87. The molecule has 0 saturated heterocycles. The topological polar surface area (TPSA) is 95.1 Å². The van der Waals surface area contributed by atoms with Crippen LogP contribution in [0.15, 0.2) is 48.5 Å². The summed E-state index contributed by atoms with van der Waals surface area (Å²) in [5.41, 5.74) is 7.28. The zero-order chi connectivity index (χ0) is 19.6. The number of hydrogen-bond donors (Lipinski definition) is 2. The number of hydrogen-bond acceptors (Lipinski definition) is 5. The van der Waals surface area contributed by atoms with Crippen LogP contribution in [-0.2, 0) is 4.79 Å². The second-order valence-electron chi connectivity index (χ2n) is 5.52. The number of amides is 1. The molecule has 0 unspecified atom stereocenters. The SMILES string of the molecule is CC(=O)Nc1nc(-c2ccc(N)cc2)nn1-c1ccc(OC(F)(F)F)cc1. The number of anilines is 2. The predicted molar refractivity (Wildman–Crippen MR) is 92.2 cm³/mol. The second-order valence-corrected chi connectivity index (χ2v) is 5.52. The van der Waals surface area contributed by atoms with Crippen molar-refractivity contribution in [3.05, 3.63) is 48.5 Å². The van der Waals surface area contributed by atoms with Gasteiger partial charge in [-0.15, -0.1) is 18.3 Å². The molecular weight excluding hydrogens is 363 g/mol. The molecule has 3 rings (SSSR count). The van der Waals surface area contributed by atoms with E-state index in [4.69, 9.17) is 5.73 Å². The standard InChI is InChI=1S/C17H14F3N5O2/c1-10(26)22-16-23-15(11-2-4-12(21)5-3-11)24-25(16)13-6-8-14(9-7-13)27-17(18,19)20/h2-9H,21H2,1H3,(H,22,23,24,26). The van der Waals surface area contributed by atoms with Gasteiger partial charge in [0.05, 0.1) is 5.69 Å². The van der Waals surface area contributed by atoms with Crippen molar-refractivity contribution in [1.29, 1.82) is 0 Å². The van der Waals surface area contributed by atoms with Crippen molar-refractivity contribution in [1.82, 2.24) is 14.8 Å². The summed E-state index contributed by atoms with van der Waals surface area (Å²) in [5.74, 6) is -0.302. The minimum absolute atomic E-state index is 0.124. The third-order valence-corrected chi connectivity index (χ3v) is 3.38. The van der Waals surface area contributed by atoms with E-state index in [0.717, 1.165) is 12.1 Å². The van der Waals surface area contributed by atoms with Gasteiger partial charge in [0.1, 0.15) is 5.75 Å². The summed E-state index contributed by atoms with van der Waals surface area (Å²) in [5, 5.41) is 6.87. The van der Waals surface area contributed by atoms with E-state index in [1.807, 2.05) is 0 Å². The second kappa shape index (κ2) is 6.98.